The fourth-order valence-electron chi connectivity index (χ4n) is 4.00. The number of carbonyl (C=O) groups is 1. The molecule has 0 bridgehead atoms. The second kappa shape index (κ2) is 11.9. The number of nitrogens with one attached hydrogen (secondary N) is 2. The highest BCUT2D eigenvalue weighted by atomic mass is 32.1. The maximum absolute atomic E-state index is 11.8. The van der Waals surface area contributed by atoms with E-state index in [0.717, 1.165) is 18.3 Å². The maximum atomic E-state index is 11.8. The third-order valence-corrected chi connectivity index (χ3v) is 6.16. The Morgan fingerprint density at radius 1 is 1.17 bits per heavy atom. The van der Waals surface area contributed by atoms with E-state index < -0.39 is 11.7 Å². The van der Waals surface area contributed by atoms with Crippen molar-refractivity contribution in [3.63, 3.8) is 0 Å². The van der Waals surface area contributed by atoms with E-state index in [1.54, 1.807) is 0 Å². The molecule has 1 aromatic heterocycles. The zero-order chi connectivity index (χ0) is 21.3. The van der Waals surface area contributed by atoms with Crippen molar-refractivity contribution in [2.24, 2.45) is 0 Å². The second-order valence-corrected chi connectivity index (χ2v) is 9.61. The van der Waals surface area contributed by atoms with E-state index in [4.69, 9.17) is 4.74 Å². The van der Waals surface area contributed by atoms with Gasteiger partial charge in [-0.1, -0.05) is 33.1 Å². The van der Waals surface area contributed by atoms with Crippen molar-refractivity contribution in [1.82, 2.24) is 15.2 Å². The predicted molar refractivity (Wildman–Crippen MR) is 122 cm³/mol. The summed E-state index contributed by atoms with van der Waals surface area (Å²) >= 11 is 1.44. The number of thiazole rings is 1. The van der Waals surface area contributed by atoms with Gasteiger partial charge in [0.15, 0.2) is 5.13 Å². The average Bonchev–Trinajstić information content (AvgIpc) is 3.15. The van der Waals surface area contributed by atoms with Gasteiger partial charge in [-0.25, -0.2) is 9.78 Å². The highest BCUT2D eigenvalue weighted by molar-refractivity contribution is 7.13. The van der Waals surface area contributed by atoms with Crippen LogP contribution in [-0.2, 0) is 11.3 Å². The first kappa shape index (κ1) is 24.1. The van der Waals surface area contributed by atoms with Crippen LogP contribution in [0.3, 0.4) is 0 Å². The lowest BCUT2D eigenvalue weighted by atomic mass is 9.92. The molecule has 0 aromatic carbocycles. The first-order valence-electron chi connectivity index (χ1n) is 11.3. The van der Waals surface area contributed by atoms with Gasteiger partial charge in [-0.05, 0) is 59.5 Å². The van der Waals surface area contributed by atoms with Gasteiger partial charge < -0.3 is 15.0 Å². The number of ether oxygens (including phenoxy) is 1. The number of likely N-dealkylation sites (tertiary alicyclic amines) is 1. The summed E-state index contributed by atoms with van der Waals surface area (Å²) in [5, 5.41) is 8.94. The minimum Gasteiger partial charge on any atom is -0.444 e. The van der Waals surface area contributed by atoms with Gasteiger partial charge in [0.2, 0.25) is 0 Å². The summed E-state index contributed by atoms with van der Waals surface area (Å²) < 4.78 is 5.26. The highest BCUT2D eigenvalue weighted by Crippen LogP contribution is 2.25. The quantitative estimate of drug-likeness (QED) is 0.662. The molecule has 1 amide bonds. The molecule has 0 spiro atoms. The number of hydrogen-bond acceptors (Lipinski definition) is 6. The SMILES string of the molecule is CC.CC(C)(C)OC(=O)Nc1nc(CNC2CCN(C3CCCCC3)CC2)cs1. The molecule has 0 radical (unpaired) electrons. The largest absolute Gasteiger partial charge is 0.444 e. The van der Waals surface area contributed by atoms with E-state index in [9.17, 15) is 4.79 Å². The van der Waals surface area contributed by atoms with Crippen LogP contribution in [-0.4, -0.2) is 46.8 Å². The Morgan fingerprint density at radius 2 is 1.83 bits per heavy atom. The van der Waals surface area contributed by atoms with Gasteiger partial charge >= 0.3 is 6.09 Å². The summed E-state index contributed by atoms with van der Waals surface area (Å²) in [5.41, 5.74) is 0.471. The van der Waals surface area contributed by atoms with Gasteiger partial charge in [-0.15, -0.1) is 11.3 Å². The van der Waals surface area contributed by atoms with Crippen LogP contribution in [0.25, 0.3) is 0 Å². The molecule has 166 valence electrons. The standard InChI is InChI=1S/C20H34N4O2S.C2H6/c1-20(2,3)26-19(25)23-18-22-16(14-27-18)13-21-15-9-11-24(12-10-15)17-7-5-4-6-8-17;1-2/h14-15,17,21H,4-13H2,1-3H3,(H,22,23,25);1-2H3. The zero-order valence-electron chi connectivity index (χ0n) is 18.9. The molecule has 2 aliphatic rings. The molecule has 1 saturated heterocycles. The summed E-state index contributed by atoms with van der Waals surface area (Å²) in [6, 6.07) is 1.40. The molecule has 0 atom stereocenters. The first-order chi connectivity index (χ1) is 13.9. The highest BCUT2D eigenvalue weighted by Gasteiger charge is 2.26. The molecule has 29 heavy (non-hydrogen) atoms. The smallest absolute Gasteiger partial charge is 0.413 e. The van der Waals surface area contributed by atoms with Gasteiger partial charge in [0.05, 0.1) is 5.69 Å². The molecule has 1 aromatic rings. The van der Waals surface area contributed by atoms with Gasteiger partial charge in [-0.2, -0.15) is 0 Å². The van der Waals surface area contributed by atoms with Crippen molar-refractivity contribution in [1.29, 1.82) is 0 Å². The van der Waals surface area contributed by atoms with Crippen LogP contribution in [0, 0.1) is 0 Å². The summed E-state index contributed by atoms with van der Waals surface area (Å²) in [5.74, 6) is 0. The molecular formula is C22H40N4O2S. The monoisotopic (exact) mass is 424 g/mol. The molecule has 2 fully saturated rings. The molecule has 1 saturated carbocycles. The Bertz CT molecular complexity index is 600. The number of carbonyl (C=O) groups excluding carboxylic acids is 1. The Kier molecular flexibility index (Phi) is 9.86. The topological polar surface area (TPSA) is 66.5 Å². The predicted octanol–water partition coefficient (Wildman–Crippen LogP) is 5.40. The summed E-state index contributed by atoms with van der Waals surface area (Å²) in [7, 11) is 0. The molecule has 3 rings (SSSR count). The number of hydrogen-bond donors (Lipinski definition) is 2. The molecule has 1 aliphatic carbocycles. The van der Waals surface area contributed by atoms with E-state index in [1.165, 1.54) is 69.4 Å². The molecule has 2 heterocycles. The van der Waals surface area contributed by atoms with Crippen molar-refractivity contribution in [2.75, 3.05) is 18.4 Å². The van der Waals surface area contributed by atoms with E-state index in [2.05, 4.69) is 20.5 Å². The molecular weight excluding hydrogens is 384 g/mol. The number of anilines is 1. The van der Waals surface area contributed by atoms with Gasteiger partial charge in [-0.3, -0.25) is 5.32 Å². The average molecular weight is 425 g/mol. The van der Waals surface area contributed by atoms with Gasteiger partial charge in [0.1, 0.15) is 5.60 Å². The lowest BCUT2D eigenvalue weighted by Gasteiger charge is -2.39. The van der Waals surface area contributed by atoms with Crippen molar-refractivity contribution in [3.05, 3.63) is 11.1 Å². The molecule has 6 nitrogen and oxygen atoms in total. The Morgan fingerprint density at radius 3 is 2.45 bits per heavy atom. The summed E-state index contributed by atoms with van der Waals surface area (Å²) in [6.45, 7) is 12.7. The normalized spacial score (nSPS) is 19.3. The van der Waals surface area contributed by atoms with Crippen LogP contribution in [0.1, 0.15) is 85.3 Å². The van der Waals surface area contributed by atoms with Crippen molar-refractivity contribution < 1.29 is 9.53 Å². The first-order valence-corrected chi connectivity index (χ1v) is 12.2. The Hall–Kier alpha value is -1.18. The van der Waals surface area contributed by atoms with Crippen LogP contribution in [0.15, 0.2) is 5.38 Å². The van der Waals surface area contributed by atoms with E-state index in [0.29, 0.717) is 11.2 Å². The Balaban J connectivity index is 0.00000145. The van der Waals surface area contributed by atoms with Crippen LogP contribution in [0.4, 0.5) is 9.93 Å². The van der Waals surface area contributed by atoms with E-state index >= 15 is 0 Å². The lowest BCUT2D eigenvalue weighted by molar-refractivity contribution is 0.0636. The summed E-state index contributed by atoms with van der Waals surface area (Å²) in [6.07, 6.45) is 9.00. The van der Waals surface area contributed by atoms with Crippen LogP contribution in [0.5, 0.6) is 0 Å². The molecule has 7 heteroatoms. The Labute approximate surface area is 180 Å². The van der Waals surface area contributed by atoms with Crippen LogP contribution < -0.4 is 10.6 Å². The lowest BCUT2D eigenvalue weighted by Crippen LogP contribution is -2.47. The van der Waals surface area contributed by atoms with Gasteiger partial charge in [0.25, 0.3) is 0 Å². The minimum absolute atomic E-state index is 0.452. The van der Waals surface area contributed by atoms with Gasteiger partial charge in [0, 0.05) is 24.0 Å². The number of rotatable bonds is 5. The third kappa shape index (κ3) is 8.60. The number of nitrogens with zero attached hydrogens (tertiary/aromatic N) is 2. The molecule has 1 aliphatic heterocycles. The summed E-state index contributed by atoms with van der Waals surface area (Å²) in [4.78, 5) is 19.0. The second-order valence-electron chi connectivity index (χ2n) is 8.75. The van der Waals surface area contributed by atoms with Crippen molar-refractivity contribution >= 4 is 22.6 Å². The van der Waals surface area contributed by atoms with E-state index in [-0.39, 0.29) is 0 Å². The third-order valence-electron chi connectivity index (χ3n) is 5.35. The van der Waals surface area contributed by atoms with Crippen LogP contribution in [0.2, 0.25) is 0 Å². The molecule has 0 unspecified atom stereocenters. The number of aromatic nitrogens is 1. The number of amides is 1. The fraction of sp³-hybridized carbons (Fsp3) is 0.818. The molecule has 2 N–H and O–H groups in total. The maximum Gasteiger partial charge on any atom is 0.413 e. The van der Waals surface area contributed by atoms with Crippen LogP contribution >= 0.6 is 11.3 Å². The van der Waals surface area contributed by atoms with E-state index in [1.807, 2.05) is 40.0 Å². The zero-order valence-corrected chi connectivity index (χ0v) is 19.7. The van der Waals surface area contributed by atoms with Crippen molar-refractivity contribution in [3.8, 4) is 0 Å². The number of piperidine rings is 1. The minimum atomic E-state index is -0.502. The fourth-order valence-corrected chi connectivity index (χ4v) is 4.70. The van der Waals surface area contributed by atoms with Crippen molar-refractivity contribution in [2.45, 2.75) is 104 Å².